The summed E-state index contributed by atoms with van der Waals surface area (Å²) < 4.78 is 5.92. The van der Waals surface area contributed by atoms with Gasteiger partial charge in [0.05, 0.1) is 11.9 Å². The maximum absolute atomic E-state index is 12.1. The predicted octanol–water partition coefficient (Wildman–Crippen LogP) is 2.86. The lowest BCUT2D eigenvalue weighted by Gasteiger charge is -2.20. The topological polar surface area (TPSA) is 99.9 Å². The van der Waals surface area contributed by atoms with E-state index in [2.05, 4.69) is 37.5 Å². The summed E-state index contributed by atoms with van der Waals surface area (Å²) in [6.45, 7) is 14.3. The quantitative estimate of drug-likeness (QED) is 0.350. The summed E-state index contributed by atoms with van der Waals surface area (Å²) in [5.41, 5.74) is 2.20. The van der Waals surface area contributed by atoms with Crippen LogP contribution >= 0.6 is 0 Å². The largest absolute Gasteiger partial charge is 0.545 e. The average Bonchev–Trinajstić information content (AvgIpc) is 3.24. The lowest BCUT2D eigenvalue weighted by Crippen LogP contribution is -2.25. The molecule has 190 valence electrons. The Morgan fingerprint density at radius 1 is 0.800 bits per heavy atom. The average molecular weight is 481 g/mol. The molecule has 0 aliphatic heterocycles. The number of carbonyl (C=O) groups excluding carboxylic acids is 2. The van der Waals surface area contributed by atoms with Crippen molar-refractivity contribution in [3.05, 3.63) is 46.5 Å². The molecule has 0 N–H and O–H groups in total. The zero-order valence-electron chi connectivity index (χ0n) is 21.3. The molecule has 0 aliphatic rings. The lowest BCUT2D eigenvalue weighted by atomic mass is 9.91. The number of furan rings is 1. The van der Waals surface area contributed by atoms with Crippen LogP contribution in [0.15, 0.2) is 28.7 Å². The molecule has 0 radical (unpaired) electrons. The molecule has 3 rings (SSSR count). The molecule has 0 atom stereocenters. The van der Waals surface area contributed by atoms with Crippen LogP contribution in [0.3, 0.4) is 0 Å². The molecule has 0 saturated carbocycles. The van der Waals surface area contributed by atoms with Gasteiger partial charge in [-0.25, -0.2) is 0 Å². The lowest BCUT2D eigenvalue weighted by molar-refractivity contribution is -0.255. The van der Waals surface area contributed by atoms with E-state index in [4.69, 9.17) is 4.42 Å². The molecule has 0 saturated heterocycles. The van der Waals surface area contributed by atoms with Crippen LogP contribution in [0.25, 0.3) is 21.9 Å². The molecule has 0 aliphatic carbocycles. The van der Waals surface area contributed by atoms with Gasteiger partial charge < -0.3 is 34.0 Å². The maximum Gasteiger partial charge on any atom is 0.144 e. The maximum atomic E-state index is 12.1. The molecule has 35 heavy (non-hydrogen) atoms. The molecule has 1 heterocycles. The summed E-state index contributed by atoms with van der Waals surface area (Å²) in [7, 11) is 0. The number of para-hydroxylation sites is 1. The molecule has 0 unspecified atom stereocenters. The van der Waals surface area contributed by atoms with Crippen molar-refractivity contribution in [1.29, 1.82) is 0 Å². The van der Waals surface area contributed by atoms with E-state index in [1.807, 2.05) is 0 Å². The van der Waals surface area contributed by atoms with Gasteiger partial charge in [-0.15, -0.1) is 0 Å². The highest BCUT2D eigenvalue weighted by atomic mass is 16.4. The van der Waals surface area contributed by atoms with Gasteiger partial charge in [0, 0.05) is 21.9 Å². The van der Waals surface area contributed by atoms with Crippen molar-refractivity contribution < 1.29 is 24.2 Å². The monoisotopic (exact) mass is 480 g/mol. The Hall–Kier alpha value is -2.90. The number of carboxylic acid groups (broad SMARTS) is 2. The molecule has 3 aromatic rings. The number of hydrogen-bond acceptors (Lipinski definition) is 7. The summed E-state index contributed by atoms with van der Waals surface area (Å²) >= 11 is 0. The minimum atomic E-state index is -1.35. The van der Waals surface area contributed by atoms with Gasteiger partial charge in [0.25, 0.3) is 0 Å². The van der Waals surface area contributed by atoms with Gasteiger partial charge in [0.2, 0.25) is 0 Å². The van der Waals surface area contributed by atoms with Gasteiger partial charge in [-0.2, -0.15) is 0 Å². The molecule has 0 spiro atoms. The normalized spacial score (nSPS) is 11.8. The van der Waals surface area contributed by atoms with Crippen molar-refractivity contribution in [2.75, 3.05) is 39.3 Å². The van der Waals surface area contributed by atoms with Crippen LogP contribution in [0.4, 0.5) is 0 Å². The van der Waals surface area contributed by atoms with E-state index >= 15 is 0 Å². The standard InChI is InChI=1S/C28H38N2O5/c1-5-29(6-2)16-10-12-19-18-23(28(33)34)26-24(20(19)15-11-17-30(7-3)8-4)21-13-9-14-22(27(31)32)25(21)35-26/h9,13-14,18H,5-8,10-12,15-17H2,1-4H3,(H,31,32)(H,33,34)/p-2. The van der Waals surface area contributed by atoms with E-state index in [1.165, 1.54) is 6.07 Å². The third kappa shape index (κ3) is 5.85. The Balaban J connectivity index is 2.16. The molecule has 1 aromatic heterocycles. The first-order valence-corrected chi connectivity index (χ1v) is 12.7. The van der Waals surface area contributed by atoms with Crippen LogP contribution < -0.4 is 10.2 Å². The van der Waals surface area contributed by atoms with Crippen molar-refractivity contribution in [2.24, 2.45) is 0 Å². The minimum absolute atomic E-state index is 0.0363. The number of carboxylic acids is 2. The number of nitrogens with zero attached hydrogens (tertiary/aromatic N) is 2. The summed E-state index contributed by atoms with van der Waals surface area (Å²) in [6, 6.07) is 6.53. The first-order valence-electron chi connectivity index (χ1n) is 12.7. The molecule has 0 bridgehead atoms. The first kappa shape index (κ1) is 26.7. The number of rotatable bonds is 14. The van der Waals surface area contributed by atoms with Gasteiger partial charge in [-0.05, 0) is 88.2 Å². The number of benzene rings is 2. The van der Waals surface area contributed by atoms with Crippen molar-refractivity contribution in [1.82, 2.24) is 9.80 Å². The molecule has 2 aromatic carbocycles. The Labute approximate surface area is 207 Å². The van der Waals surface area contributed by atoms with Crippen LogP contribution in [-0.2, 0) is 12.8 Å². The van der Waals surface area contributed by atoms with Gasteiger partial charge in [0.1, 0.15) is 11.2 Å². The number of fused-ring (bicyclic) bond motifs is 3. The Bertz CT molecular complexity index is 1180. The second kappa shape index (κ2) is 12.2. The van der Waals surface area contributed by atoms with E-state index in [0.717, 1.165) is 76.1 Å². The summed E-state index contributed by atoms with van der Waals surface area (Å²) in [4.78, 5) is 28.5. The zero-order valence-corrected chi connectivity index (χ0v) is 21.3. The smallest absolute Gasteiger partial charge is 0.144 e. The molecular formula is C28H36N2O5-2. The highest BCUT2D eigenvalue weighted by Gasteiger charge is 2.21. The third-order valence-corrected chi connectivity index (χ3v) is 7.02. The van der Waals surface area contributed by atoms with E-state index in [9.17, 15) is 19.8 Å². The van der Waals surface area contributed by atoms with Crippen molar-refractivity contribution in [2.45, 2.75) is 53.4 Å². The molecule has 7 nitrogen and oxygen atoms in total. The van der Waals surface area contributed by atoms with E-state index in [0.29, 0.717) is 10.8 Å². The summed E-state index contributed by atoms with van der Waals surface area (Å²) in [6.07, 6.45) is 3.26. The van der Waals surface area contributed by atoms with Gasteiger partial charge in [-0.3, -0.25) is 0 Å². The zero-order chi connectivity index (χ0) is 25.5. The van der Waals surface area contributed by atoms with E-state index in [-0.39, 0.29) is 22.3 Å². The first-order chi connectivity index (χ1) is 16.9. The van der Waals surface area contributed by atoms with Crippen molar-refractivity contribution in [3.8, 4) is 0 Å². The van der Waals surface area contributed by atoms with Crippen LogP contribution in [-0.4, -0.2) is 61.0 Å². The second-order valence-electron chi connectivity index (χ2n) is 8.89. The van der Waals surface area contributed by atoms with Crippen molar-refractivity contribution in [3.63, 3.8) is 0 Å². The molecule has 7 heteroatoms. The van der Waals surface area contributed by atoms with E-state index < -0.39 is 11.9 Å². The van der Waals surface area contributed by atoms with Gasteiger partial charge in [0.15, 0.2) is 0 Å². The Morgan fingerprint density at radius 3 is 1.91 bits per heavy atom. The molecule has 0 fully saturated rings. The number of hydrogen-bond donors (Lipinski definition) is 0. The highest BCUT2D eigenvalue weighted by molar-refractivity contribution is 6.16. The fraction of sp³-hybridized carbons (Fsp3) is 0.500. The summed E-state index contributed by atoms with van der Waals surface area (Å²) in [5.74, 6) is -2.68. The minimum Gasteiger partial charge on any atom is -0.545 e. The van der Waals surface area contributed by atoms with Gasteiger partial charge in [-0.1, -0.05) is 39.8 Å². The third-order valence-electron chi connectivity index (χ3n) is 7.02. The van der Waals surface area contributed by atoms with Crippen molar-refractivity contribution >= 4 is 33.9 Å². The Morgan fingerprint density at radius 2 is 1.37 bits per heavy atom. The van der Waals surface area contributed by atoms with Crippen LogP contribution in [0, 0.1) is 0 Å². The number of aryl methyl sites for hydroxylation is 2. The molecular weight excluding hydrogens is 444 g/mol. The van der Waals surface area contributed by atoms with Crippen LogP contribution in [0.1, 0.15) is 72.4 Å². The number of aromatic carboxylic acids is 2. The Kier molecular flexibility index (Phi) is 9.29. The second-order valence-corrected chi connectivity index (χ2v) is 8.89. The molecule has 0 amide bonds. The SMILES string of the molecule is CCN(CC)CCCc1cc(C(=O)[O-])c2oc3c(C(=O)[O-])cccc3c2c1CCCN(CC)CC. The van der Waals surface area contributed by atoms with Crippen LogP contribution in [0.5, 0.6) is 0 Å². The predicted molar refractivity (Wildman–Crippen MR) is 135 cm³/mol. The summed E-state index contributed by atoms with van der Waals surface area (Å²) in [5, 5.41) is 25.1. The van der Waals surface area contributed by atoms with Gasteiger partial charge >= 0.3 is 0 Å². The number of carbonyl (C=O) groups is 2. The fourth-order valence-corrected chi connectivity index (χ4v) is 4.97. The highest BCUT2D eigenvalue weighted by Crippen LogP contribution is 2.38. The van der Waals surface area contributed by atoms with E-state index in [1.54, 1.807) is 18.2 Å². The van der Waals surface area contributed by atoms with Crippen LogP contribution in [0.2, 0.25) is 0 Å². The fourth-order valence-electron chi connectivity index (χ4n) is 4.97.